The van der Waals surface area contributed by atoms with Crippen molar-refractivity contribution < 1.29 is 13.0 Å². The Morgan fingerprint density at radius 1 is 1.29 bits per heavy atom. The van der Waals surface area contributed by atoms with Gasteiger partial charge in [0.25, 0.3) is 10.1 Å². The number of anilines is 1. The lowest BCUT2D eigenvalue weighted by Crippen LogP contribution is -2.11. The zero-order chi connectivity index (χ0) is 10.9. The fourth-order valence-corrected chi connectivity index (χ4v) is 1.73. The van der Waals surface area contributed by atoms with Crippen molar-refractivity contribution in [3.8, 4) is 0 Å². The molecule has 0 spiro atoms. The van der Waals surface area contributed by atoms with Crippen molar-refractivity contribution >= 4 is 15.8 Å². The molecule has 1 aromatic carbocycles. The van der Waals surface area contributed by atoms with Gasteiger partial charge in [-0.15, -0.1) is 0 Å². The number of rotatable bonds is 2. The summed E-state index contributed by atoms with van der Waals surface area (Å²) in [5, 5.41) is 0. The van der Waals surface area contributed by atoms with Gasteiger partial charge in [0, 0.05) is 19.8 Å². The molecule has 0 saturated carbocycles. The lowest BCUT2D eigenvalue weighted by Gasteiger charge is -2.15. The topological polar surface area (TPSA) is 57.6 Å². The fraction of sp³-hybridized carbons (Fsp3) is 0.333. The van der Waals surface area contributed by atoms with Crippen molar-refractivity contribution in [2.24, 2.45) is 0 Å². The molecule has 14 heavy (non-hydrogen) atoms. The minimum Gasteiger partial charge on any atom is -0.377 e. The lowest BCUT2D eigenvalue weighted by atomic mass is 10.2. The molecule has 78 valence electrons. The second-order valence-corrected chi connectivity index (χ2v) is 4.74. The van der Waals surface area contributed by atoms with Gasteiger partial charge in [0.2, 0.25) is 0 Å². The second-order valence-electron chi connectivity index (χ2n) is 3.32. The van der Waals surface area contributed by atoms with E-state index in [0.29, 0.717) is 0 Å². The molecule has 0 amide bonds. The number of hydrogen-bond acceptors (Lipinski definition) is 3. The van der Waals surface area contributed by atoms with Crippen molar-refractivity contribution in [1.82, 2.24) is 0 Å². The normalized spacial score (nSPS) is 11.4. The monoisotopic (exact) mass is 215 g/mol. The van der Waals surface area contributed by atoms with Crippen LogP contribution < -0.4 is 4.90 Å². The van der Waals surface area contributed by atoms with E-state index in [0.717, 1.165) is 11.3 Å². The summed E-state index contributed by atoms with van der Waals surface area (Å²) >= 11 is 0. The van der Waals surface area contributed by atoms with E-state index in [-0.39, 0.29) is 4.90 Å². The molecule has 0 fully saturated rings. The fourth-order valence-electron chi connectivity index (χ4n) is 1.23. The molecule has 0 unspecified atom stereocenters. The molecule has 0 radical (unpaired) electrons. The van der Waals surface area contributed by atoms with E-state index in [1.807, 2.05) is 21.0 Å². The van der Waals surface area contributed by atoms with Gasteiger partial charge in [-0.1, -0.05) is 6.07 Å². The number of aryl methyl sites for hydroxylation is 1. The molecule has 1 rings (SSSR count). The molecule has 0 bridgehead atoms. The van der Waals surface area contributed by atoms with E-state index in [9.17, 15) is 8.42 Å². The van der Waals surface area contributed by atoms with Crippen LogP contribution in [0.5, 0.6) is 0 Å². The number of hydrogen-bond donors (Lipinski definition) is 1. The van der Waals surface area contributed by atoms with Crippen LogP contribution in [0.2, 0.25) is 0 Å². The average molecular weight is 215 g/mol. The van der Waals surface area contributed by atoms with Crippen LogP contribution in [-0.2, 0) is 10.1 Å². The van der Waals surface area contributed by atoms with Crippen molar-refractivity contribution in [2.75, 3.05) is 19.0 Å². The van der Waals surface area contributed by atoms with Gasteiger partial charge in [-0.05, 0) is 24.6 Å². The van der Waals surface area contributed by atoms with E-state index >= 15 is 0 Å². The second kappa shape index (κ2) is 3.59. The molecule has 4 nitrogen and oxygen atoms in total. The summed E-state index contributed by atoms with van der Waals surface area (Å²) in [7, 11) is -0.471. The Kier molecular flexibility index (Phi) is 2.82. The van der Waals surface area contributed by atoms with Crippen LogP contribution in [0.25, 0.3) is 0 Å². The highest BCUT2D eigenvalue weighted by Gasteiger charge is 2.11. The molecule has 0 atom stereocenters. The van der Waals surface area contributed by atoms with Gasteiger partial charge in [0.1, 0.15) is 0 Å². The SMILES string of the molecule is Cc1ccc(S(=O)(=O)O)cc1N(C)C. The van der Waals surface area contributed by atoms with Crippen LogP contribution in [-0.4, -0.2) is 27.1 Å². The molecular formula is C9H13NO3S. The first-order valence-corrected chi connectivity index (χ1v) is 5.52. The minimum atomic E-state index is -4.10. The van der Waals surface area contributed by atoms with Gasteiger partial charge < -0.3 is 4.90 Å². The van der Waals surface area contributed by atoms with Crippen LogP contribution >= 0.6 is 0 Å². The maximum atomic E-state index is 10.9. The maximum absolute atomic E-state index is 10.9. The van der Waals surface area contributed by atoms with Crippen LogP contribution in [0.15, 0.2) is 23.1 Å². The summed E-state index contributed by atoms with van der Waals surface area (Å²) in [6.45, 7) is 1.88. The Morgan fingerprint density at radius 3 is 2.29 bits per heavy atom. The van der Waals surface area contributed by atoms with Gasteiger partial charge in [-0.3, -0.25) is 4.55 Å². The highest BCUT2D eigenvalue weighted by atomic mass is 32.2. The predicted molar refractivity (Wildman–Crippen MR) is 55.3 cm³/mol. The van der Waals surface area contributed by atoms with Crippen LogP contribution in [0.4, 0.5) is 5.69 Å². The van der Waals surface area contributed by atoms with Crippen LogP contribution in [0, 0.1) is 6.92 Å². The van der Waals surface area contributed by atoms with E-state index in [4.69, 9.17) is 4.55 Å². The Balaban J connectivity index is 3.34. The summed E-state index contributed by atoms with van der Waals surface area (Å²) in [5.74, 6) is 0. The molecule has 1 N–H and O–H groups in total. The molecular weight excluding hydrogens is 202 g/mol. The summed E-state index contributed by atoms with van der Waals surface area (Å²) < 4.78 is 30.6. The van der Waals surface area contributed by atoms with Crippen molar-refractivity contribution in [3.63, 3.8) is 0 Å². The third kappa shape index (κ3) is 2.24. The molecule has 0 aliphatic carbocycles. The average Bonchev–Trinajstić information content (AvgIpc) is 2.02. The van der Waals surface area contributed by atoms with E-state index < -0.39 is 10.1 Å². The Hall–Kier alpha value is -1.07. The van der Waals surface area contributed by atoms with Gasteiger partial charge in [-0.25, -0.2) is 0 Å². The molecule has 1 aromatic rings. The van der Waals surface area contributed by atoms with Crippen molar-refractivity contribution in [2.45, 2.75) is 11.8 Å². The standard InChI is InChI=1S/C9H13NO3S/c1-7-4-5-8(14(11,12)13)6-9(7)10(2)3/h4-6H,1-3H3,(H,11,12,13). The third-order valence-corrected chi connectivity index (χ3v) is 2.81. The molecule has 0 heterocycles. The van der Waals surface area contributed by atoms with E-state index in [1.54, 1.807) is 11.0 Å². The van der Waals surface area contributed by atoms with Gasteiger partial charge in [0.05, 0.1) is 4.90 Å². The molecule has 5 heteroatoms. The van der Waals surface area contributed by atoms with Gasteiger partial charge in [0.15, 0.2) is 0 Å². The summed E-state index contributed by atoms with van der Waals surface area (Å²) in [6, 6.07) is 4.50. The Bertz CT molecular complexity index is 437. The summed E-state index contributed by atoms with van der Waals surface area (Å²) in [5.41, 5.74) is 1.74. The van der Waals surface area contributed by atoms with Crippen molar-refractivity contribution in [1.29, 1.82) is 0 Å². The molecule has 0 aliphatic heterocycles. The first-order valence-electron chi connectivity index (χ1n) is 4.08. The minimum absolute atomic E-state index is 0.0770. The van der Waals surface area contributed by atoms with Gasteiger partial charge >= 0.3 is 0 Å². The number of benzene rings is 1. The van der Waals surface area contributed by atoms with Crippen molar-refractivity contribution in [3.05, 3.63) is 23.8 Å². The first-order chi connectivity index (χ1) is 6.32. The number of nitrogens with zero attached hydrogens (tertiary/aromatic N) is 1. The Morgan fingerprint density at radius 2 is 1.86 bits per heavy atom. The lowest BCUT2D eigenvalue weighted by molar-refractivity contribution is 0.483. The first kappa shape index (κ1) is 11.0. The smallest absolute Gasteiger partial charge is 0.294 e. The molecule has 0 aliphatic rings. The highest BCUT2D eigenvalue weighted by Crippen LogP contribution is 2.21. The third-order valence-electron chi connectivity index (χ3n) is 1.96. The van der Waals surface area contributed by atoms with E-state index in [2.05, 4.69) is 0 Å². The maximum Gasteiger partial charge on any atom is 0.294 e. The zero-order valence-electron chi connectivity index (χ0n) is 8.35. The van der Waals surface area contributed by atoms with Crippen LogP contribution in [0.3, 0.4) is 0 Å². The van der Waals surface area contributed by atoms with E-state index in [1.165, 1.54) is 12.1 Å². The zero-order valence-corrected chi connectivity index (χ0v) is 9.17. The highest BCUT2D eigenvalue weighted by molar-refractivity contribution is 7.85. The largest absolute Gasteiger partial charge is 0.377 e. The predicted octanol–water partition coefficient (Wildman–Crippen LogP) is 1.31. The molecule has 0 saturated heterocycles. The van der Waals surface area contributed by atoms with Crippen LogP contribution in [0.1, 0.15) is 5.56 Å². The summed E-state index contributed by atoms with van der Waals surface area (Å²) in [6.07, 6.45) is 0. The quantitative estimate of drug-likeness (QED) is 0.756. The van der Waals surface area contributed by atoms with Gasteiger partial charge in [-0.2, -0.15) is 8.42 Å². The molecule has 0 aromatic heterocycles. The summed E-state index contributed by atoms with van der Waals surface area (Å²) in [4.78, 5) is 1.72. The Labute approximate surface area is 83.9 Å².